The second-order valence-electron chi connectivity index (χ2n) is 7.38. The summed E-state index contributed by atoms with van der Waals surface area (Å²) in [5.74, 6) is 0.652. The summed E-state index contributed by atoms with van der Waals surface area (Å²) in [4.78, 5) is 22.5. The summed E-state index contributed by atoms with van der Waals surface area (Å²) >= 11 is 0. The van der Waals surface area contributed by atoms with Crippen LogP contribution in [-0.2, 0) is 15.5 Å². The van der Waals surface area contributed by atoms with E-state index in [9.17, 15) is 9.00 Å². The molecular formula is C17H27N3O3S. The number of carbonyl (C=O) groups excluding carboxylic acids is 1. The maximum atomic E-state index is 12.6. The van der Waals surface area contributed by atoms with E-state index in [-0.39, 0.29) is 12.0 Å². The van der Waals surface area contributed by atoms with E-state index in [1.54, 1.807) is 4.90 Å². The molecule has 24 heavy (non-hydrogen) atoms. The lowest BCUT2D eigenvalue weighted by Gasteiger charge is -2.33. The molecule has 0 unspecified atom stereocenters. The van der Waals surface area contributed by atoms with Crippen molar-refractivity contribution in [3.8, 4) is 0 Å². The minimum absolute atomic E-state index is 0.177. The number of amides is 1. The van der Waals surface area contributed by atoms with Gasteiger partial charge < -0.3 is 9.64 Å². The molecule has 2 rings (SSSR count). The Morgan fingerprint density at radius 3 is 2.54 bits per heavy atom. The van der Waals surface area contributed by atoms with Gasteiger partial charge in [0.15, 0.2) is 0 Å². The lowest BCUT2D eigenvalue weighted by atomic mass is 10.0. The molecule has 0 N–H and O–H groups in total. The van der Waals surface area contributed by atoms with Crippen LogP contribution in [-0.4, -0.2) is 49.6 Å². The Balaban J connectivity index is 1.97. The van der Waals surface area contributed by atoms with E-state index in [0.717, 1.165) is 24.2 Å². The molecule has 1 aromatic heterocycles. The van der Waals surface area contributed by atoms with Gasteiger partial charge in [0.1, 0.15) is 5.60 Å². The van der Waals surface area contributed by atoms with Crippen molar-refractivity contribution in [1.29, 1.82) is 0 Å². The number of hydrogen-bond acceptors (Lipinski definition) is 5. The highest BCUT2D eigenvalue weighted by atomic mass is 32.2. The summed E-state index contributed by atoms with van der Waals surface area (Å²) in [5.41, 5.74) is 1.15. The quantitative estimate of drug-likeness (QED) is 0.781. The third kappa shape index (κ3) is 5.54. The van der Waals surface area contributed by atoms with Crippen molar-refractivity contribution in [1.82, 2.24) is 14.9 Å². The van der Waals surface area contributed by atoms with Gasteiger partial charge in [0.2, 0.25) is 5.16 Å². The number of rotatable bonds is 3. The van der Waals surface area contributed by atoms with E-state index in [2.05, 4.69) is 9.97 Å². The monoisotopic (exact) mass is 353 g/mol. The first-order valence-corrected chi connectivity index (χ1v) is 9.64. The standard InChI is InChI=1S/C17H27N3O3S/c1-12-9-13(2)19-15(18-12)24(22)11-14-7-6-8-20(10-14)16(21)23-17(3,4)5/h9,14H,6-8,10-11H2,1-5H3/t14-,24+/m1/s1. The normalized spacial score (nSPS) is 19.9. The summed E-state index contributed by atoms with van der Waals surface area (Å²) in [7, 11) is -1.25. The fourth-order valence-electron chi connectivity index (χ4n) is 2.78. The molecule has 6 nitrogen and oxygen atoms in total. The first kappa shape index (κ1) is 18.8. The number of hydrogen-bond donors (Lipinski definition) is 0. The van der Waals surface area contributed by atoms with E-state index in [0.29, 0.717) is 24.0 Å². The highest BCUT2D eigenvalue weighted by molar-refractivity contribution is 7.84. The average molecular weight is 353 g/mol. The van der Waals surface area contributed by atoms with Crippen molar-refractivity contribution in [2.45, 2.75) is 58.2 Å². The molecule has 1 aliphatic rings. The van der Waals surface area contributed by atoms with Crippen LogP contribution in [0, 0.1) is 19.8 Å². The molecule has 0 aliphatic carbocycles. The van der Waals surface area contributed by atoms with Crippen molar-refractivity contribution in [3.05, 3.63) is 17.5 Å². The lowest BCUT2D eigenvalue weighted by molar-refractivity contribution is 0.0176. The minimum Gasteiger partial charge on any atom is -0.444 e. The van der Waals surface area contributed by atoms with Gasteiger partial charge in [-0.25, -0.2) is 14.8 Å². The molecule has 1 aliphatic heterocycles. The Labute approximate surface area is 146 Å². The lowest BCUT2D eigenvalue weighted by Crippen LogP contribution is -2.44. The van der Waals surface area contributed by atoms with E-state index >= 15 is 0 Å². The zero-order chi connectivity index (χ0) is 17.9. The number of aryl methyl sites for hydroxylation is 2. The summed E-state index contributed by atoms with van der Waals surface area (Å²) < 4.78 is 18.0. The molecule has 7 heteroatoms. The minimum atomic E-state index is -1.25. The number of piperidine rings is 1. The molecule has 0 saturated carbocycles. The third-order valence-electron chi connectivity index (χ3n) is 3.72. The van der Waals surface area contributed by atoms with Crippen LogP contribution in [0.5, 0.6) is 0 Å². The molecule has 0 bridgehead atoms. The van der Waals surface area contributed by atoms with Gasteiger partial charge in [0, 0.05) is 30.2 Å². The van der Waals surface area contributed by atoms with Crippen LogP contribution < -0.4 is 0 Å². The number of nitrogens with zero attached hydrogens (tertiary/aromatic N) is 3. The first-order chi connectivity index (χ1) is 11.1. The zero-order valence-corrected chi connectivity index (χ0v) is 16.0. The molecule has 0 radical (unpaired) electrons. The van der Waals surface area contributed by atoms with Crippen LogP contribution in [0.3, 0.4) is 0 Å². The van der Waals surface area contributed by atoms with Crippen LogP contribution in [0.15, 0.2) is 11.2 Å². The maximum absolute atomic E-state index is 12.6. The fourth-order valence-corrected chi connectivity index (χ4v) is 4.12. The molecule has 2 atom stereocenters. The highest BCUT2D eigenvalue weighted by Gasteiger charge is 2.29. The topological polar surface area (TPSA) is 72.4 Å². The molecule has 1 saturated heterocycles. The Bertz CT molecular complexity index is 608. The fraction of sp³-hybridized carbons (Fsp3) is 0.706. The van der Waals surface area contributed by atoms with E-state index in [4.69, 9.17) is 4.74 Å². The number of aromatic nitrogens is 2. The Kier molecular flexibility index (Phi) is 5.96. The van der Waals surface area contributed by atoms with Gasteiger partial charge in [-0.3, -0.25) is 4.21 Å². The van der Waals surface area contributed by atoms with E-state index in [1.807, 2.05) is 40.7 Å². The molecule has 2 heterocycles. The largest absolute Gasteiger partial charge is 0.444 e. The van der Waals surface area contributed by atoms with Crippen LogP contribution in [0.2, 0.25) is 0 Å². The first-order valence-electron chi connectivity index (χ1n) is 8.32. The maximum Gasteiger partial charge on any atom is 0.410 e. The van der Waals surface area contributed by atoms with Gasteiger partial charge >= 0.3 is 6.09 Å². The summed E-state index contributed by atoms with van der Waals surface area (Å²) in [5, 5.41) is 0.391. The Morgan fingerprint density at radius 1 is 1.33 bits per heavy atom. The van der Waals surface area contributed by atoms with Crippen molar-refractivity contribution >= 4 is 16.9 Å². The zero-order valence-electron chi connectivity index (χ0n) is 15.2. The molecule has 1 amide bonds. The second kappa shape index (κ2) is 7.59. The number of carbonyl (C=O) groups is 1. The van der Waals surface area contributed by atoms with Crippen molar-refractivity contribution in [2.75, 3.05) is 18.8 Å². The van der Waals surface area contributed by atoms with E-state index < -0.39 is 16.4 Å². The van der Waals surface area contributed by atoms with Crippen molar-refractivity contribution < 1.29 is 13.7 Å². The Hall–Kier alpha value is -1.50. The predicted molar refractivity (Wildman–Crippen MR) is 93.3 cm³/mol. The Morgan fingerprint density at radius 2 is 1.96 bits per heavy atom. The average Bonchev–Trinajstić information content (AvgIpc) is 2.44. The van der Waals surface area contributed by atoms with Gasteiger partial charge in [0.25, 0.3) is 0 Å². The molecule has 1 aromatic rings. The van der Waals surface area contributed by atoms with Crippen LogP contribution in [0.4, 0.5) is 4.79 Å². The van der Waals surface area contributed by atoms with Gasteiger partial charge in [-0.15, -0.1) is 0 Å². The molecule has 0 spiro atoms. The van der Waals surface area contributed by atoms with Gasteiger partial charge in [-0.1, -0.05) is 0 Å². The van der Waals surface area contributed by atoms with Gasteiger partial charge in [-0.05, 0) is 59.4 Å². The third-order valence-corrected chi connectivity index (χ3v) is 5.09. The van der Waals surface area contributed by atoms with E-state index in [1.165, 1.54) is 0 Å². The van der Waals surface area contributed by atoms with Gasteiger partial charge in [-0.2, -0.15) is 0 Å². The predicted octanol–water partition coefficient (Wildman–Crippen LogP) is 2.85. The van der Waals surface area contributed by atoms with Crippen molar-refractivity contribution in [2.24, 2.45) is 5.92 Å². The number of likely N-dealkylation sites (tertiary alicyclic amines) is 1. The molecule has 1 fully saturated rings. The smallest absolute Gasteiger partial charge is 0.410 e. The second-order valence-corrected chi connectivity index (χ2v) is 8.77. The summed E-state index contributed by atoms with van der Waals surface area (Å²) in [6, 6.07) is 1.87. The molecule has 134 valence electrons. The van der Waals surface area contributed by atoms with Crippen LogP contribution in [0.1, 0.15) is 45.0 Å². The molecular weight excluding hydrogens is 326 g/mol. The van der Waals surface area contributed by atoms with Crippen LogP contribution >= 0.6 is 0 Å². The summed E-state index contributed by atoms with van der Waals surface area (Å²) in [6.07, 6.45) is 1.56. The van der Waals surface area contributed by atoms with Crippen molar-refractivity contribution in [3.63, 3.8) is 0 Å². The van der Waals surface area contributed by atoms with Crippen LogP contribution in [0.25, 0.3) is 0 Å². The molecule has 0 aromatic carbocycles. The SMILES string of the molecule is Cc1cc(C)nc([S@@](=O)C[C@@H]2CCCN(C(=O)OC(C)(C)C)C2)n1. The highest BCUT2D eigenvalue weighted by Crippen LogP contribution is 2.21. The summed E-state index contributed by atoms with van der Waals surface area (Å²) in [6.45, 7) is 10.6. The number of ether oxygens (including phenoxy) is 1. The van der Waals surface area contributed by atoms with Gasteiger partial charge in [0.05, 0.1) is 10.8 Å².